The molecule has 4 heteroatoms. The predicted molar refractivity (Wildman–Crippen MR) is 289 cm³/mol. The Balaban J connectivity index is 1.20. The van der Waals surface area contributed by atoms with Crippen molar-refractivity contribution in [2.24, 2.45) is 0 Å². The summed E-state index contributed by atoms with van der Waals surface area (Å²) >= 11 is 1.98. The van der Waals surface area contributed by atoms with Crippen LogP contribution >= 0.6 is 11.3 Å². The highest BCUT2D eigenvalue weighted by Gasteiger charge is 2.46. The normalized spacial score (nSPS) is 15.5. The van der Waals surface area contributed by atoms with E-state index >= 15 is 0 Å². The van der Waals surface area contributed by atoms with Gasteiger partial charge < -0.3 is 9.38 Å². The SMILES string of the molecule is Cc1ccc(N2B3c4cc(C)ccc4-n4c5ccc6ccccc6c5c5c(C(c6ccccc6)c6ccccc6)cc(c3c54)-c3cc4c(cc32)sc2cc3c(cc24)C(C)(C)CCC3(C)C)cc1. The number of fused-ring (bicyclic) bond motifs is 14. The third-order valence-electron chi connectivity index (χ3n) is 16.2. The molecule has 4 heterocycles. The second-order valence-electron chi connectivity index (χ2n) is 21.2. The number of thiophene rings is 1. The molecule has 2 aliphatic heterocycles. The number of aryl methyl sites for hydroxylation is 2. The first-order valence-electron chi connectivity index (χ1n) is 24.2. The van der Waals surface area contributed by atoms with Crippen LogP contribution in [0.25, 0.3) is 69.6 Å². The van der Waals surface area contributed by atoms with Crippen molar-refractivity contribution < 1.29 is 0 Å². The Hall–Kier alpha value is -6.88. The van der Waals surface area contributed by atoms with E-state index in [2.05, 4.69) is 221 Å². The van der Waals surface area contributed by atoms with E-state index in [1.54, 1.807) is 0 Å². The molecule has 0 bridgehead atoms. The molecule has 0 fully saturated rings. The van der Waals surface area contributed by atoms with Crippen LogP contribution in [0.1, 0.15) is 85.4 Å². The second-order valence-corrected chi connectivity index (χ2v) is 22.3. The van der Waals surface area contributed by atoms with Crippen LogP contribution in [0.2, 0.25) is 0 Å². The van der Waals surface area contributed by atoms with Gasteiger partial charge >= 0.3 is 6.85 Å². The van der Waals surface area contributed by atoms with Gasteiger partial charge in [0.15, 0.2) is 0 Å². The number of anilines is 2. The number of nitrogens with zero attached hydrogens (tertiary/aromatic N) is 2. The summed E-state index contributed by atoms with van der Waals surface area (Å²) < 4.78 is 5.40. The zero-order chi connectivity index (χ0) is 45.1. The molecule has 11 aromatic rings. The van der Waals surface area contributed by atoms with Crippen molar-refractivity contribution in [1.29, 1.82) is 0 Å². The third kappa shape index (κ3) is 5.51. The number of hydrogen-bond acceptors (Lipinski definition) is 2. The summed E-state index contributed by atoms with van der Waals surface area (Å²) in [6.45, 7) is 14.2. The average molecular weight is 879 g/mol. The van der Waals surface area contributed by atoms with Crippen LogP contribution in [-0.4, -0.2) is 11.4 Å². The van der Waals surface area contributed by atoms with Gasteiger partial charge in [0, 0.05) is 59.5 Å². The van der Waals surface area contributed by atoms with E-state index in [1.165, 1.54) is 144 Å². The Bertz CT molecular complexity index is 3850. The van der Waals surface area contributed by atoms with Gasteiger partial charge in [-0.05, 0) is 147 Å². The fourth-order valence-corrected chi connectivity index (χ4v) is 13.9. The molecule has 2 nitrogen and oxygen atoms in total. The van der Waals surface area contributed by atoms with Crippen molar-refractivity contribution in [3.63, 3.8) is 0 Å². The van der Waals surface area contributed by atoms with E-state index in [1.807, 2.05) is 11.3 Å². The minimum Gasteiger partial charge on any atom is -0.376 e. The Labute approximate surface area is 397 Å². The third-order valence-corrected chi connectivity index (χ3v) is 17.4. The first-order valence-corrected chi connectivity index (χ1v) is 25.0. The topological polar surface area (TPSA) is 8.17 Å². The summed E-state index contributed by atoms with van der Waals surface area (Å²) in [4.78, 5) is 2.71. The number of benzene rings is 9. The zero-order valence-electron chi connectivity index (χ0n) is 39.0. The maximum atomic E-state index is 2.71. The summed E-state index contributed by atoms with van der Waals surface area (Å²) in [6, 6.07) is 65.8. The summed E-state index contributed by atoms with van der Waals surface area (Å²) in [5.41, 5.74) is 21.5. The van der Waals surface area contributed by atoms with E-state index in [0.29, 0.717) is 0 Å². The lowest BCUT2D eigenvalue weighted by molar-refractivity contribution is 0.332. The molecule has 0 N–H and O–H groups in total. The molecule has 3 aliphatic rings. The van der Waals surface area contributed by atoms with Crippen LogP contribution in [0.3, 0.4) is 0 Å². The average Bonchev–Trinajstić information content (AvgIpc) is 3.88. The van der Waals surface area contributed by atoms with Crippen LogP contribution in [-0.2, 0) is 10.8 Å². The van der Waals surface area contributed by atoms with Gasteiger partial charge in [-0.2, -0.15) is 0 Å². The molecule has 0 unspecified atom stereocenters. The quantitative estimate of drug-likeness (QED) is 0.126. The summed E-state index contributed by atoms with van der Waals surface area (Å²) in [5, 5.41) is 7.99. The standard InChI is InChI=1S/C63H51BN2S/c1-37-21-25-42(26-22-37)66-54-36-56-45(46-34-49-50(35-55(46)67-56)63(5,6)30-29-62(49,3)4)32-44(54)47-33-48(57(40-16-9-7-10-17-40)41-18-11-8-12-19-41)59-58-43-20-14-13-15-39(43)24-28-53(58)65-52-27-23-38(2)31-51(52)64(66)60(47)61(59)65/h7-28,31-36,57H,29-30H2,1-6H3. The van der Waals surface area contributed by atoms with E-state index in [4.69, 9.17) is 0 Å². The summed E-state index contributed by atoms with van der Waals surface area (Å²) in [5.74, 6) is -0.00928. The maximum absolute atomic E-state index is 2.71. The van der Waals surface area contributed by atoms with Gasteiger partial charge in [-0.3, -0.25) is 0 Å². The number of aromatic nitrogens is 1. The molecular formula is C63H51BN2S. The maximum Gasteiger partial charge on any atom is 0.333 e. The first-order chi connectivity index (χ1) is 32.5. The lowest BCUT2D eigenvalue weighted by Crippen LogP contribution is -2.60. The molecule has 67 heavy (non-hydrogen) atoms. The van der Waals surface area contributed by atoms with Crippen molar-refractivity contribution in [2.45, 2.75) is 71.1 Å². The minimum atomic E-state index is -0.0626. The van der Waals surface area contributed by atoms with Crippen molar-refractivity contribution >= 4 is 93.2 Å². The molecule has 14 rings (SSSR count). The van der Waals surface area contributed by atoms with E-state index in [9.17, 15) is 0 Å². The van der Waals surface area contributed by atoms with Gasteiger partial charge in [-0.1, -0.05) is 154 Å². The van der Waals surface area contributed by atoms with Gasteiger partial charge in [0.05, 0.1) is 11.0 Å². The van der Waals surface area contributed by atoms with Crippen LogP contribution in [0.4, 0.5) is 11.4 Å². The van der Waals surface area contributed by atoms with Crippen molar-refractivity contribution in [3.8, 4) is 16.8 Å². The fraction of sp³-hybridized carbons (Fsp3) is 0.175. The smallest absolute Gasteiger partial charge is 0.333 e. The second kappa shape index (κ2) is 13.8. The highest BCUT2D eigenvalue weighted by Crippen LogP contribution is 2.54. The largest absolute Gasteiger partial charge is 0.376 e. The van der Waals surface area contributed by atoms with Gasteiger partial charge in [0.25, 0.3) is 0 Å². The van der Waals surface area contributed by atoms with Gasteiger partial charge in [0.2, 0.25) is 0 Å². The van der Waals surface area contributed by atoms with Gasteiger partial charge in [-0.25, -0.2) is 0 Å². The molecule has 9 aromatic carbocycles. The zero-order valence-corrected chi connectivity index (χ0v) is 39.9. The molecule has 0 radical (unpaired) electrons. The van der Waals surface area contributed by atoms with E-state index < -0.39 is 0 Å². The number of hydrogen-bond donors (Lipinski definition) is 0. The van der Waals surface area contributed by atoms with Crippen molar-refractivity contribution in [1.82, 2.24) is 4.57 Å². The first kappa shape index (κ1) is 39.3. The van der Waals surface area contributed by atoms with E-state index in [-0.39, 0.29) is 23.6 Å². The molecule has 2 aromatic heterocycles. The molecular weight excluding hydrogens is 828 g/mol. The molecule has 322 valence electrons. The summed E-state index contributed by atoms with van der Waals surface area (Å²) in [6.07, 6.45) is 2.40. The Morgan fingerprint density at radius 3 is 1.91 bits per heavy atom. The highest BCUT2D eigenvalue weighted by atomic mass is 32.1. The van der Waals surface area contributed by atoms with Gasteiger partial charge in [-0.15, -0.1) is 11.3 Å². The molecule has 0 spiro atoms. The Morgan fingerprint density at radius 1 is 0.537 bits per heavy atom. The molecule has 0 saturated carbocycles. The molecule has 0 atom stereocenters. The highest BCUT2D eigenvalue weighted by molar-refractivity contribution is 7.25. The molecule has 0 saturated heterocycles. The lowest BCUT2D eigenvalue weighted by atomic mass is 9.43. The van der Waals surface area contributed by atoms with Crippen LogP contribution in [0.5, 0.6) is 0 Å². The predicted octanol–water partition coefficient (Wildman–Crippen LogP) is 15.7. The monoisotopic (exact) mass is 878 g/mol. The van der Waals surface area contributed by atoms with Crippen molar-refractivity contribution in [3.05, 3.63) is 209 Å². The molecule has 1 aliphatic carbocycles. The fourth-order valence-electron chi connectivity index (χ4n) is 12.8. The van der Waals surface area contributed by atoms with Crippen LogP contribution < -0.4 is 15.7 Å². The Morgan fingerprint density at radius 2 is 1.18 bits per heavy atom. The Kier molecular flexibility index (Phi) is 8.12. The minimum absolute atomic E-state index is 0.00928. The number of rotatable bonds is 4. The lowest BCUT2D eigenvalue weighted by Gasteiger charge is -2.42. The van der Waals surface area contributed by atoms with Gasteiger partial charge in [0.1, 0.15) is 0 Å². The van der Waals surface area contributed by atoms with Crippen LogP contribution in [0, 0.1) is 13.8 Å². The van der Waals surface area contributed by atoms with Crippen LogP contribution in [0.15, 0.2) is 170 Å². The molecule has 0 amide bonds. The van der Waals surface area contributed by atoms with E-state index in [0.717, 1.165) is 0 Å². The van der Waals surface area contributed by atoms with Crippen molar-refractivity contribution in [2.75, 3.05) is 4.81 Å². The summed E-state index contributed by atoms with van der Waals surface area (Å²) in [7, 11) is 0.